The molecule has 1 aromatic heterocycles. The van der Waals surface area contributed by atoms with Gasteiger partial charge < -0.3 is 20.3 Å². The number of aromatic nitrogens is 1. The highest BCUT2D eigenvalue weighted by molar-refractivity contribution is 6.35. The monoisotopic (exact) mass is 366 g/mol. The van der Waals surface area contributed by atoms with Gasteiger partial charge in [0.25, 0.3) is 0 Å². The summed E-state index contributed by atoms with van der Waals surface area (Å²) in [7, 11) is 0. The van der Waals surface area contributed by atoms with Gasteiger partial charge in [0.05, 0.1) is 16.6 Å². The molecule has 2 aromatic rings. The van der Waals surface area contributed by atoms with Gasteiger partial charge >= 0.3 is 6.09 Å². The van der Waals surface area contributed by atoms with E-state index in [4.69, 9.17) is 16.3 Å². The summed E-state index contributed by atoms with van der Waals surface area (Å²) in [5, 5.41) is 24.3. The van der Waals surface area contributed by atoms with Crippen LogP contribution in [0.3, 0.4) is 0 Å². The number of nitrogens with one attached hydrogen (secondary N) is 1. The van der Waals surface area contributed by atoms with Crippen molar-refractivity contribution >= 4 is 28.6 Å². The Kier molecular flexibility index (Phi) is 6.21. The number of aliphatic hydroxyl groups is 2. The molecular formula is C18H23ClN2O4. The van der Waals surface area contributed by atoms with Crippen LogP contribution in [0, 0.1) is 0 Å². The second kappa shape index (κ2) is 7.99. The molecule has 0 bridgehead atoms. The van der Waals surface area contributed by atoms with Crippen molar-refractivity contribution in [3.63, 3.8) is 0 Å². The lowest BCUT2D eigenvalue weighted by molar-refractivity contribution is 0.0124. The van der Waals surface area contributed by atoms with Gasteiger partial charge in [-0.3, -0.25) is 4.98 Å². The van der Waals surface area contributed by atoms with E-state index < -0.39 is 23.9 Å². The fourth-order valence-corrected chi connectivity index (χ4v) is 2.54. The molecule has 0 fully saturated rings. The molecule has 3 N–H and O–H groups in total. The summed E-state index contributed by atoms with van der Waals surface area (Å²) in [5.41, 5.74) is 0.664. The highest BCUT2D eigenvalue weighted by Gasteiger charge is 2.20. The van der Waals surface area contributed by atoms with E-state index in [2.05, 4.69) is 10.3 Å². The molecule has 0 saturated carbocycles. The van der Waals surface area contributed by atoms with Gasteiger partial charge in [-0.15, -0.1) is 0 Å². The minimum atomic E-state index is -1.10. The van der Waals surface area contributed by atoms with E-state index in [1.54, 1.807) is 51.2 Å². The quantitative estimate of drug-likeness (QED) is 0.755. The van der Waals surface area contributed by atoms with Crippen molar-refractivity contribution in [2.75, 3.05) is 6.54 Å². The minimum Gasteiger partial charge on any atom is -0.444 e. The summed E-state index contributed by atoms with van der Waals surface area (Å²) in [6.07, 6.45) is -0.904. The van der Waals surface area contributed by atoms with Crippen molar-refractivity contribution in [2.45, 2.75) is 45.0 Å². The van der Waals surface area contributed by atoms with Crippen molar-refractivity contribution in [3.05, 3.63) is 41.0 Å². The van der Waals surface area contributed by atoms with E-state index in [0.29, 0.717) is 21.5 Å². The lowest BCUT2D eigenvalue weighted by Crippen LogP contribution is -2.34. The number of hydrogen-bond acceptors (Lipinski definition) is 5. The molecule has 0 radical (unpaired) electrons. The number of fused-ring (bicyclic) bond motifs is 1. The van der Waals surface area contributed by atoms with E-state index in [1.165, 1.54) is 0 Å². The number of carbonyl (C=O) groups excluding carboxylic acids is 1. The van der Waals surface area contributed by atoms with E-state index >= 15 is 0 Å². The average Bonchev–Trinajstić information content (AvgIpc) is 2.52. The summed E-state index contributed by atoms with van der Waals surface area (Å²) in [6.45, 7) is 5.49. The molecule has 7 heteroatoms. The zero-order valence-corrected chi connectivity index (χ0v) is 15.2. The van der Waals surface area contributed by atoms with Gasteiger partial charge in [-0.2, -0.15) is 0 Å². The standard InChI is InChI=1S/C18H23ClN2O4/c1-18(2,3)25-17(24)21-9-7-15(22)16(23)11-4-5-14-12(10-11)13(19)6-8-20-14/h4-6,8,10,15-16,22-23H,7,9H2,1-3H3,(H,21,24). The summed E-state index contributed by atoms with van der Waals surface area (Å²) in [4.78, 5) is 15.8. The number of carbonyl (C=O) groups is 1. The second-order valence-electron chi connectivity index (χ2n) is 6.80. The highest BCUT2D eigenvalue weighted by Crippen LogP contribution is 2.27. The maximum absolute atomic E-state index is 11.6. The number of alkyl carbamates (subject to hydrolysis) is 1. The predicted octanol–water partition coefficient (Wildman–Crippen LogP) is 3.20. The lowest BCUT2D eigenvalue weighted by Gasteiger charge is -2.21. The maximum Gasteiger partial charge on any atom is 0.407 e. The van der Waals surface area contributed by atoms with Crippen LogP contribution in [0.2, 0.25) is 5.02 Å². The molecule has 1 amide bonds. The summed E-state index contributed by atoms with van der Waals surface area (Å²) < 4.78 is 5.11. The van der Waals surface area contributed by atoms with E-state index in [-0.39, 0.29) is 13.0 Å². The van der Waals surface area contributed by atoms with Gasteiger partial charge in [0.15, 0.2) is 0 Å². The molecule has 0 aliphatic rings. The van der Waals surface area contributed by atoms with Crippen LogP contribution in [0.4, 0.5) is 4.79 Å². The van der Waals surface area contributed by atoms with Crippen LogP contribution in [0.1, 0.15) is 38.9 Å². The lowest BCUT2D eigenvalue weighted by atomic mass is 10.0. The number of benzene rings is 1. The number of ether oxygens (including phenoxy) is 1. The molecule has 0 spiro atoms. The van der Waals surface area contributed by atoms with Gasteiger partial charge in [-0.05, 0) is 51.0 Å². The number of amides is 1. The first-order valence-electron chi connectivity index (χ1n) is 8.04. The first-order chi connectivity index (χ1) is 11.7. The predicted molar refractivity (Wildman–Crippen MR) is 96.6 cm³/mol. The summed E-state index contributed by atoms with van der Waals surface area (Å²) in [5.74, 6) is 0. The molecular weight excluding hydrogens is 344 g/mol. The molecule has 1 aromatic carbocycles. The van der Waals surface area contributed by atoms with E-state index in [9.17, 15) is 15.0 Å². The third-order valence-corrected chi connectivity index (χ3v) is 3.86. The Morgan fingerprint density at radius 2 is 2.04 bits per heavy atom. The Morgan fingerprint density at radius 3 is 2.72 bits per heavy atom. The van der Waals surface area contributed by atoms with Crippen LogP contribution in [0.25, 0.3) is 10.9 Å². The fourth-order valence-electron chi connectivity index (χ4n) is 2.33. The zero-order valence-electron chi connectivity index (χ0n) is 14.5. The van der Waals surface area contributed by atoms with Gasteiger partial charge in [-0.1, -0.05) is 17.7 Å². The molecule has 1 heterocycles. The Hall–Kier alpha value is -1.89. The van der Waals surface area contributed by atoms with Crippen LogP contribution < -0.4 is 5.32 Å². The first kappa shape index (κ1) is 19.4. The summed E-state index contributed by atoms with van der Waals surface area (Å²) >= 11 is 6.14. The highest BCUT2D eigenvalue weighted by atomic mass is 35.5. The SMILES string of the molecule is CC(C)(C)OC(=O)NCCC(O)C(O)c1ccc2nccc(Cl)c2c1. The Morgan fingerprint density at radius 1 is 1.32 bits per heavy atom. The zero-order chi connectivity index (χ0) is 18.6. The van der Waals surface area contributed by atoms with Crippen LogP contribution in [0.15, 0.2) is 30.5 Å². The van der Waals surface area contributed by atoms with Crippen molar-refractivity contribution in [1.29, 1.82) is 0 Å². The minimum absolute atomic E-state index is 0.180. The number of halogens is 1. The number of pyridine rings is 1. The average molecular weight is 367 g/mol. The Bertz CT molecular complexity index is 745. The molecule has 0 aliphatic heterocycles. The van der Waals surface area contributed by atoms with E-state index in [1.807, 2.05) is 0 Å². The summed E-state index contributed by atoms with van der Waals surface area (Å²) in [6, 6.07) is 6.81. The van der Waals surface area contributed by atoms with Gasteiger partial charge in [0.1, 0.15) is 11.7 Å². The smallest absolute Gasteiger partial charge is 0.407 e. The number of aliphatic hydroxyl groups excluding tert-OH is 2. The molecule has 136 valence electrons. The van der Waals surface area contributed by atoms with Gasteiger partial charge in [0, 0.05) is 18.1 Å². The van der Waals surface area contributed by atoms with Crippen LogP contribution >= 0.6 is 11.6 Å². The third kappa shape index (κ3) is 5.56. The van der Waals surface area contributed by atoms with Crippen LogP contribution in [-0.4, -0.2) is 39.5 Å². The molecule has 25 heavy (non-hydrogen) atoms. The largest absolute Gasteiger partial charge is 0.444 e. The Labute approximate surface area is 151 Å². The van der Waals surface area contributed by atoms with Crippen LogP contribution in [0.5, 0.6) is 0 Å². The van der Waals surface area contributed by atoms with Crippen molar-refractivity contribution in [1.82, 2.24) is 10.3 Å². The van der Waals surface area contributed by atoms with E-state index in [0.717, 1.165) is 0 Å². The molecule has 0 saturated heterocycles. The normalized spacial score (nSPS) is 14.2. The molecule has 2 unspecified atom stereocenters. The second-order valence-corrected chi connectivity index (χ2v) is 7.21. The van der Waals surface area contributed by atoms with Crippen molar-refractivity contribution < 1.29 is 19.7 Å². The number of rotatable bonds is 5. The molecule has 0 aliphatic carbocycles. The van der Waals surface area contributed by atoms with Crippen LogP contribution in [-0.2, 0) is 4.74 Å². The van der Waals surface area contributed by atoms with Crippen molar-refractivity contribution in [3.8, 4) is 0 Å². The maximum atomic E-state index is 11.6. The molecule has 6 nitrogen and oxygen atoms in total. The Balaban J connectivity index is 1.95. The number of nitrogens with zero attached hydrogens (tertiary/aromatic N) is 1. The first-order valence-corrected chi connectivity index (χ1v) is 8.42. The third-order valence-electron chi connectivity index (χ3n) is 3.53. The molecule has 2 rings (SSSR count). The molecule has 2 atom stereocenters. The van der Waals surface area contributed by atoms with Gasteiger partial charge in [-0.25, -0.2) is 4.79 Å². The van der Waals surface area contributed by atoms with Crippen molar-refractivity contribution in [2.24, 2.45) is 0 Å². The van der Waals surface area contributed by atoms with Gasteiger partial charge in [0.2, 0.25) is 0 Å². The fraction of sp³-hybridized carbons (Fsp3) is 0.444. The topological polar surface area (TPSA) is 91.7 Å². The number of hydrogen-bond donors (Lipinski definition) is 3.